The molecule has 19 heavy (non-hydrogen) atoms. The van der Waals surface area contributed by atoms with Crippen LogP contribution in [0.1, 0.15) is 20.3 Å². The molecule has 0 aliphatic heterocycles. The molecule has 0 saturated heterocycles. The number of carbonyl (C=O) groups excluding carboxylic acids is 2. The monoisotopic (exact) mass is 292 g/mol. The number of nitrogens with one attached hydrogen (secondary N) is 2. The Morgan fingerprint density at radius 1 is 1.26 bits per heavy atom. The lowest BCUT2D eigenvalue weighted by Crippen LogP contribution is -2.35. The Labute approximate surface area is 113 Å². The van der Waals surface area contributed by atoms with Gasteiger partial charge in [0.25, 0.3) is 10.1 Å². The molecule has 8 heteroatoms. The summed E-state index contributed by atoms with van der Waals surface area (Å²) in [6.07, 6.45) is 0.517. The zero-order valence-corrected chi connectivity index (χ0v) is 11.9. The van der Waals surface area contributed by atoms with Crippen LogP contribution in [0.4, 0.5) is 0 Å². The number of hydrogen-bond acceptors (Lipinski definition) is 4. The molecule has 0 aromatic carbocycles. The molecular formula is C11H20N2O5S. The van der Waals surface area contributed by atoms with E-state index in [9.17, 15) is 18.0 Å². The summed E-state index contributed by atoms with van der Waals surface area (Å²) >= 11 is 0. The van der Waals surface area contributed by atoms with Gasteiger partial charge in [-0.25, -0.2) is 0 Å². The average molecular weight is 292 g/mol. The molecule has 0 fully saturated rings. The van der Waals surface area contributed by atoms with Crippen molar-refractivity contribution in [2.75, 3.05) is 18.8 Å². The minimum absolute atomic E-state index is 0.244. The van der Waals surface area contributed by atoms with Crippen LogP contribution in [-0.2, 0) is 19.7 Å². The Morgan fingerprint density at radius 2 is 1.79 bits per heavy atom. The fourth-order valence-electron chi connectivity index (χ4n) is 1.22. The van der Waals surface area contributed by atoms with Crippen molar-refractivity contribution in [1.82, 2.24) is 10.6 Å². The van der Waals surface area contributed by atoms with Crippen LogP contribution >= 0.6 is 0 Å². The van der Waals surface area contributed by atoms with Gasteiger partial charge in [-0.3, -0.25) is 14.1 Å². The maximum Gasteiger partial charge on any atom is 0.265 e. The van der Waals surface area contributed by atoms with Crippen LogP contribution in [0.2, 0.25) is 0 Å². The van der Waals surface area contributed by atoms with E-state index in [1.165, 1.54) is 6.92 Å². The Kier molecular flexibility index (Phi) is 7.32. The summed E-state index contributed by atoms with van der Waals surface area (Å²) in [5.41, 5.74) is 0.408. The van der Waals surface area contributed by atoms with Crippen LogP contribution in [0.3, 0.4) is 0 Å². The molecule has 0 heterocycles. The summed E-state index contributed by atoms with van der Waals surface area (Å²) in [5.74, 6) is -2.12. The quantitative estimate of drug-likeness (QED) is 0.323. The first-order valence-electron chi connectivity index (χ1n) is 5.80. The van der Waals surface area contributed by atoms with Gasteiger partial charge in [0.1, 0.15) is 0 Å². The van der Waals surface area contributed by atoms with Crippen molar-refractivity contribution < 1.29 is 22.6 Å². The molecule has 0 aliphatic rings. The number of rotatable bonds is 8. The predicted molar refractivity (Wildman–Crippen MR) is 71.0 cm³/mol. The Morgan fingerprint density at radius 3 is 2.26 bits per heavy atom. The third-order valence-corrected chi connectivity index (χ3v) is 3.16. The van der Waals surface area contributed by atoms with Crippen LogP contribution < -0.4 is 10.6 Å². The van der Waals surface area contributed by atoms with E-state index in [0.29, 0.717) is 25.1 Å². The van der Waals surface area contributed by atoms with Gasteiger partial charge in [-0.2, -0.15) is 8.42 Å². The standard InChI is InChI=1S/C11H20N2O5S/c1-8(2)10(14)12-5-4-6-13-11(15)9(3)7-19(16,17)18/h9H,1,4-7H2,2-3H3,(H,12,14)(H,13,15)(H,16,17,18). The SMILES string of the molecule is C=C(C)C(=O)NCCCNC(=O)C(C)CS(=O)(=O)O. The van der Waals surface area contributed by atoms with Crippen molar-refractivity contribution in [3.63, 3.8) is 0 Å². The molecule has 0 spiro atoms. The second kappa shape index (κ2) is 7.90. The minimum Gasteiger partial charge on any atom is -0.356 e. The number of amides is 2. The highest BCUT2D eigenvalue weighted by Gasteiger charge is 2.18. The molecule has 0 bridgehead atoms. The summed E-state index contributed by atoms with van der Waals surface area (Å²) in [4.78, 5) is 22.6. The fourth-order valence-corrected chi connectivity index (χ4v) is 2.00. The molecule has 0 radical (unpaired) electrons. The summed E-state index contributed by atoms with van der Waals surface area (Å²) in [5, 5.41) is 5.12. The van der Waals surface area contributed by atoms with E-state index in [4.69, 9.17) is 4.55 Å². The predicted octanol–water partition coefficient (Wildman–Crippen LogP) is -0.291. The van der Waals surface area contributed by atoms with Crippen molar-refractivity contribution in [1.29, 1.82) is 0 Å². The van der Waals surface area contributed by atoms with Crippen molar-refractivity contribution >= 4 is 21.9 Å². The lowest BCUT2D eigenvalue weighted by atomic mass is 10.2. The molecule has 1 atom stereocenters. The minimum atomic E-state index is -4.15. The zero-order chi connectivity index (χ0) is 15.1. The molecule has 110 valence electrons. The van der Waals surface area contributed by atoms with Gasteiger partial charge in [0.05, 0.1) is 11.7 Å². The van der Waals surface area contributed by atoms with E-state index < -0.39 is 27.7 Å². The Balaban J connectivity index is 3.81. The largest absolute Gasteiger partial charge is 0.356 e. The van der Waals surface area contributed by atoms with Gasteiger partial charge in [-0.1, -0.05) is 13.5 Å². The highest BCUT2D eigenvalue weighted by Crippen LogP contribution is 1.99. The fraction of sp³-hybridized carbons (Fsp3) is 0.636. The first kappa shape index (κ1) is 17.6. The second-order valence-corrected chi connectivity index (χ2v) is 5.83. The van der Waals surface area contributed by atoms with Crippen LogP contribution in [-0.4, -0.2) is 43.6 Å². The lowest BCUT2D eigenvalue weighted by molar-refractivity contribution is -0.123. The molecular weight excluding hydrogens is 272 g/mol. The maximum absolute atomic E-state index is 11.4. The van der Waals surface area contributed by atoms with Crippen molar-refractivity contribution in [3.8, 4) is 0 Å². The van der Waals surface area contributed by atoms with Gasteiger partial charge in [0.2, 0.25) is 11.8 Å². The number of hydrogen-bond donors (Lipinski definition) is 3. The van der Waals surface area contributed by atoms with Crippen LogP contribution in [0.25, 0.3) is 0 Å². The van der Waals surface area contributed by atoms with Crippen molar-refractivity contribution in [3.05, 3.63) is 12.2 Å². The van der Waals surface area contributed by atoms with E-state index in [1.807, 2.05) is 0 Å². The van der Waals surface area contributed by atoms with E-state index in [2.05, 4.69) is 17.2 Å². The van der Waals surface area contributed by atoms with Crippen LogP contribution in [0.15, 0.2) is 12.2 Å². The molecule has 0 rings (SSSR count). The molecule has 0 aromatic rings. The molecule has 7 nitrogen and oxygen atoms in total. The first-order chi connectivity index (χ1) is 8.63. The summed E-state index contributed by atoms with van der Waals surface area (Å²) in [7, 11) is -4.15. The van der Waals surface area contributed by atoms with Gasteiger partial charge in [-0.05, 0) is 13.3 Å². The average Bonchev–Trinajstić information content (AvgIpc) is 2.25. The topological polar surface area (TPSA) is 113 Å². The van der Waals surface area contributed by atoms with Gasteiger partial charge in [0, 0.05) is 18.7 Å². The van der Waals surface area contributed by atoms with E-state index in [-0.39, 0.29) is 5.91 Å². The van der Waals surface area contributed by atoms with E-state index in [0.717, 1.165) is 0 Å². The Bertz CT molecular complexity index is 444. The molecule has 1 unspecified atom stereocenters. The first-order valence-corrected chi connectivity index (χ1v) is 7.41. The van der Waals surface area contributed by atoms with Gasteiger partial charge in [0.15, 0.2) is 0 Å². The smallest absolute Gasteiger partial charge is 0.265 e. The van der Waals surface area contributed by atoms with Gasteiger partial charge < -0.3 is 10.6 Å². The van der Waals surface area contributed by atoms with Crippen molar-refractivity contribution in [2.24, 2.45) is 5.92 Å². The van der Waals surface area contributed by atoms with Crippen LogP contribution in [0, 0.1) is 5.92 Å². The second-order valence-electron chi connectivity index (χ2n) is 4.33. The highest BCUT2D eigenvalue weighted by molar-refractivity contribution is 7.85. The third-order valence-electron chi connectivity index (χ3n) is 2.23. The molecule has 0 aliphatic carbocycles. The zero-order valence-electron chi connectivity index (χ0n) is 11.1. The Hall–Kier alpha value is -1.41. The lowest BCUT2D eigenvalue weighted by Gasteiger charge is -2.10. The van der Waals surface area contributed by atoms with Crippen molar-refractivity contribution in [2.45, 2.75) is 20.3 Å². The molecule has 3 N–H and O–H groups in total. The summed E-state index contributed by atoms with van der Waals surface area (Å²) in [6.45, 7) is 7.18. The molecule has 0 saturated carbocycles. The molecule has 0 aromatic heterocycles. The summed E-state index contributed by atoms with van der Waals surface area (Å²) < 4.78 is 29.8. The number of carbonyl (C=O) groups is 2. The molecule has 2 amide bonds. The normalized spacial score (nSPS) is 12.6. The third kappa shape index (κ3) is 9.20. The van der Waals surface area contributed by atoms with Gasteiger partial charge >= 0.3 is 0 Å². The van der Waals surface area contributed by atoms with E-state index in [1.54, 1.807) is 6.92 Å². The van der Waals surface area contributed by atoms with Gasteiger partial charge in [-0.15, -0.1) is 0 Å². The summed E-state index contributed by atoms with van der Waals surface area (Å²) in [6, 6.07) is 0. The van der Waals surface area contributed by atoms with E-state index >= 15 is 0 Å². The highest BCUT2D eigenvalue weighted by atomic mass is 32.2. The van der Waals surface area contributed by atoms with Crippen LogP contribution in [0.5, 0.6) is 0 Å². The maximum atomic E-state index is 11.4.